The SMILES string of the molecule is COc1ccccc1C(=O)NC[C@]1(c2ccc(F)cc2)CC[C@H](N/C(=N/C#N)NCC2CC2)CC1. The number of nitriles is 1. The second-order valence-corrected chi connectivity index (χ2v) is 9.47. The van der Waals surface area contributed by atoms with E-state index in [2.05, 4.69) is 20.9 Å². The lowest BCUT2D eigenvalue weighted by atomic mass is 9.68. The maximum absolute atomic E-state index is 13.7. The van der Waals surface area contributed by atoms with E-state index in [1.165, 1.54) is 25.0 Å². The van der Waals surface area contributed by atoms with E-state index < -0.39 is 0 Å². The minimum absolute atomic E-state index is 0.160. The number of carbonyl (C=O) groups excluding carboxylic acids is 1. The quantitative estimate of drug-likeness (QED) is 0.305. The predicted octanol–water partition coefficient (Wildman–Crippen LogP) is 3.87. The van der Waals surface area contributed by atoms with Crippen molar-refractivity contribution in [3.63, 3.8) is 0 Å². The van der Waals surface area contributed by atoms with E-state index in [-0.39, 0.29) is 23.2 Å². The van der Waals surface area contributed by atoms with Gasteiger partial charge >= 0.3 is 0 Å². The van der Waals surface area contributed by atoms with Gasteiger partial charge in [-0.3, -0.25) is 4.79 Å². The molecule has 2 aliphatic carbocycles. The second kappa shape index (κ2) is 11.2. The minimum atomic E-state index is -0.322. The number of halogens is 1. The van der Waals surface area contributed by atoms with Crippen LogP contribution in [0.1, 0.15) is 54.4 Å². The van der Waals surface area contributed by atoms with Gasteiger partial charge in [0, 0.05) is 24.5 Å². The molecule has 0 heterocycles. The lowest BCUT2D eigenvalue weighted by Crippen LogP contribution is -2.50. The van der Waals surface area contributed by atoms with Gasteiger partial charge in [0.25, 0.3) is 5.91 Å². The fourth-order valence-corrected chi connectivity index (χ4v) is 4.79. The summed E-state index contributed by atoms with van der Waals surface area (Å²) in [4.78, 5) is 16.9. The number of nitrogens with zero attached hydrogens (tertiary/aromatic N) is 2. The van der Waals surface area contributed by atoms with E-state index >= 15 is 0 Å². The van der Waals surface area contributed by atoms with Gasteiger partial charge in [0.15, 0.2) is 0 Å². The summed E-state index contributed by atoms with van der Waals surface area (Å²) < 4.78 is 19.0. The summed E-state index contributed by atoms with van der Waals surface area (Å²) in [6, 6.07) is 13.9. The van der Waals surface area contributed by atoms with Gasteiger partial charge in [-0.05, 0) is 74.3 Å². The van der Waals surface area contributed by atoms with Gasteiger partial charge in [0.05, 0.1) is 12.7 Å². The van der Waals surface area contributed by atoms with Crippen LogP contribution in [-0.4, -0.2) is 38.1 Å². The molecule has 0 unspecified atom stereocenters. The van der Waals surface area contributed by atoms with Crippen molar-refractivity contribution >= 4 is 11.9 Å². The molecule has 2 aromatic carbocycles. The lowest BCUT2D eigenvalue weighted by molar-refractivity contribution is 0.0932. The van der Waals surface area contributed by atoms with Crippen molar-refractivity contribution < 1.29 is 13.9 Å². The van der Waals surface area contributed by atoms with E-state index in [1.807, 2.05) is 30.5 Å². The van der Waals surface area contributed by atoms with Crippen molar-refractivity contribution in [1.29, 1.82) is 5.26 Å². The van der Waals surface area contributed by atoms with Crippen LogP contribution in [0.25, 0.3) is 0 Å². The number of guanidine groups is 1. The van der Waals surface area contributed by atoms with Crippen LogP contribution in [0.4, 0.5) is 4.39 Å². The van der Waals surface area contributed by atoms with Gasteiger partial charge in [0.1, 0.15) is 11.6 Å². The highest BCUT2D eigenvalue weighted by atomic mass is 19.1. The summed E-state index contributed by atoms with van der Waals surface area (Å²) in [5.74, 6) is 1.25. The number of aliphatic imine (C=N–C) groups is 1. The number of amides is 1. The molecule has 0 atom stereocenters. The van der Waals surface area contributed by atoms with Crippen LogP contribution in [0.2, 0.25) is 0 Å². The first-order valence-electron chi connectivity index (χ1n) is 12.2. The summed E-state index contributed by atoms with van der Waals surface area (Å²) in [5.41, 5.74) is 1.17. The minimum Gasteiger partial charge on any atom is -0.496 e. The molecular formula is C27H32FN5O2. The number of methoxy groups -OCH3 is 1. The molecule has 0 bridgehead atoms. The van der Waals surface area contributed by atoms with Crippen LogP contribution in [0, 0.1) is 23.2 Å². The highest BCUT2D eigenvalue weighted by Crippen LogP contribution is 2.39. The van der Waals surface area contributed by atoms with Crippen molar-refractivity contribution in [2.45, 2.75) is 50.0 Å². The monoisotopic (exact) mass is 477 g/mol. The number of para-hydroxylation sites is 1. The predicted molar refractivity (Wildman–Crippen MR) is 133 cm³/mol. The maximum atomic E-state index is 13.7. The first kappa shape index (κ1) is 24.5. The van der Waals surface area contributed by atoms with Crippen molar-refractivity contribution in [1.82, 2.24) is 16.0 Å². The number of benzene rings is 2. The molecule has 0 spiro atoms. The Balaban J connectivity index is 1.45. The molecule has 2 aliphatic rings. The Hall–Kier alpha value is -3.60. The molecule has 184 valence electrons. The molecule has 8 heteroatoms. The van der Waals surface area contributed by atoms with E-state index in [9.17, 15) is 9.18 Å². The first-order chi connectivity index (χ1) is 17.0. The van der Waals surface area contributed by atoms with Gasteiger partial charge in [-0.1, -0.05) is 24.3 Å². The van der Waals surface area contributed by atoms with Gasteiger partial charge in [0.2, 0.25) is 12.2 Å². The molecular weight excluding hydrogens is 445 g/mol. The molecule has 2 fully saturated rings. The molecule has 7 nitrogen and oxygen atoms in total. The fraction of sp³-hybridized carbons (Fsp3) is 0.444. The normalized spacial score (nSPS) is 22.1. The highest BCUT2D eigenvalue weighted by molar-refractivity contribution is 5.97. The molecule has 2 aromatic rings. The Morgan fingerprint density at radius 3 is 2.49 bits per heavy atom. The molecule has 35 heavy (non-hydrogen) atoms. The molecule has 0 saturated heterocycles. The summed E-state index contributed by atoms with van der Waals surface area (Å²) in [7, 11) is 1.55. The Bertz CT molecular complexity index is 1080. The van der Waals surface area contributed by atoms with E-state index in [0.29, 0.717) is 29.7 Å². The van der Waals surface area contributed by atoms with Crippen molar-refractivity contribution in [2.24, 2.45) is 10.9 Å². The zero-order valence-electron chi connectivity index (χ0n) is 20.0. The zero-order valence-corrected chi connectivity index (χ0v) is 20.0. The number of hydrogen-bond donors (Lipinski definition) is 3. The van der Waals surface area contributed by atoms with Crippen LogP contribution >= 0.6 is 0 Å². The summed E-state index contributed by atoms with van der Waals surface area (Å²) in [5, 5.41) is 18.8. The average Bonchev–Trinajstić information content (AvgIpc) is 3.72. The third-order valence-electron chi connectivity index (χ3n) is 7.10. The smallest absolute Gasteiger partial charge is 0.255 e. The molecule has 1 amide bonds. The third-order valence-corrected chi connectivity index (χ3v) is 7.10. The number of nitrogens with one attached hydrogen (secondary N) is 3. The van der Waals surface area contributed by atoms with Gasteiger partial charge in [-0.15, -0.1) is 4.99 Å². The van der Waals surface area contributed by atoms with Crippen LogP contribution in [0.3, 0.4) is 0 Å². The molecule has 0 aliphatic heterocycles. The van der Waals surface area contributed by atoms with Crippen LogP contribution in [-0.2, 0) is 5.41 Å². The molecule has 3 N–H and O–H groups in total. The van der Waals surface area contributed by atoms with Crippen LogP contribution in [0.5, 0.6) is 5.75 Å². The largest absolute Gasteiger partial charge is 0.496 e. The molecule has 4 rings (SSSR count). The average molecular weight is 478 g/mol. The summed E-state index contributed by atoms with van der Waals surface area (Å²) in [6.07, 6.45) is 7.57. The molecule has 2 saturated carbocycles. The molecule has 0 radical (unpaired) electrons. The topological polar surface area (TPSA) is 98.5 Å². The van der Waals surface area contributed by atoms with E-state index in [1.54, 1.807) is 19.2 Å². The third kappa shape index (κ3) is 6.30. The number of rotatable bonds is 8. The number of ether oxygens (including phenoxy) is 1. The Morgan fingerprint density at radius 1 is 1.11 bits per heavy atom. The fourth-order valence-electron chi connectivity index (χ4n) is 4.79. The highest BCUT2D eigenvalue weighted by Gasteiger charge is 2.38. The Labute approximate surface area is 205 Å². The van der Waals surface area contributed by atoms with E-state index in [0.717, 1.165) is 37.8 Å². The van der Waals surface area contributed by atoms with Gasteiger partial charge in [-0.2, -0.15) is 5.26 Å². The van der Waals surface area contributed by atoms with Crippen LogP contribution < -0.4 is 20.7 Å². The van der Waals surface area contributed by atoms with E-state index in [4.69, 9.17) is 10.00 Å². The molecule has 0 aromatic heterocycles. The lowest BCUT2D eigenvalue weighted by Gasteiger charge is -2.41. The number of hydrogen-bond acceptors (Lipinski definition) is 4. The van der Waals surface area contributed by atoms with Crippen molar-refractivity contribution in [2.75, 3.05) is 20.2 Å². The zero-order chi connectivity index (χ0) is 24.7. The van der Waals surface area contributed by atoms with Crippen LogP contribution in [0.15, 0.2) is 53.5 Å². The summed E-state index contributed by atoms with van der Waals surface area (Å²) >= 11 is 0. The second-order valence-electron chi connectivity index (χ2n) is 9.47. The standard InChI is InChI=1S/C27H32FN5O2/c1-35-24-5-3-2-4-23(24)25(34)31-17-27(20-8-10-21(28)11-9-20)14-12-22(13-15-27)33-26(32-18-29)30-16-19-6-7-19/h2-5,8-11,19,22H,6-7,12-17H2,1H3,(H,31,34)(H2,30,32,33)/t22-,27-. The first-order valence-corrected chi connectivity index (χ1v) is 12.2. The summed E-state index contributed by atoms with van der Waals surface area (Å²) in [6.45, 7) is 1.26. The van der Waals surface area contributed by atoms with Gasteiger partial charge < -0.3 is 20.7 Å². The van der Waals surface area contributed by atoms with Gasteiger partial charge in [-0.25, -0.2) is 4.39 Å². The Morgan fingerprint density at radius 2 is 1.83 bits per heavy atom. The van der Waals surface area contributed by atoms with Crippen molar-refractivity contribution in [3.8, 4) is 11.9 Å². The Kier molecular flexibility index (Phi) is 7.86. The maximum Gasteiger partial charge on any atom is 0.255 e. The van der Waals surface area contributed by atoms with Crippen molar-refractivity contribution in [3.05, 3.63) is 65.5 Å². The number of carbonyl (C=O) groups is 1.